The number of carbonyl (C=O) groups is 1. The maximum Gasteiger partial charge on any atom is 0.221 e. The van der Waals surface area contributed by atoms with Gasteiger partial charge in [-0.3, -0.25) is 9.69 Å². The molecule has 0 bridgehead atoms. The van der Waals surface area contributed by atoms with Crippen LogP contribution in [0.4, 0.5) is 0 Å². The van der Waals surface area contributed by atoms with E-state index in [9.17, 15) is 4.79 Å². The highest BCUT2D eigenvalue weighted by molar-refractivity contribution is 5.77. The first-order chi connectivity index (χ1) is 11.6. The Morgan fingerprint density at radius 1 is 1.29 bits per heavy atom. The van der Waals surface area contributed by atoms with Gasteiger partial charge in [-0.25, -0.2) is 0 Å². The van der Waals surface area contributed by atoms with E-state index in [2.05, 4.69) is 49.2 Å². The lowest BCUT2D eigenvalue weighted by atomic mass is 9.81. The Balaban J connectivity index is 2.02. The summed E-state index contributed by atoms with van der Waals surface area (Å²) >= 11 is 0. The minimum absolute atomic E-state index is 0.174. The van der Waals surface area contributed by atoms with Crippen LogP contribution in [0.25, 0.3) is 0 Å². The van der Waals surface area contributed by atoms with E-state index in [-0.39, 0.29) is 17.5 Å². The predicted molar refractivity (Wildman–Crippen MR) is 98.7 cm³/mol. The van der Waals surface area contributed by atoms with Gasteiger partial charge in [0.05, 0.1) is 13.2 Å². The molecule has 1 heterocycles. The van der Waals surface area contributed by atoms with Gasteiger partial charge in [-0.15, -0.1) is 0 Å². The summed E-state index contributed by atoms with van der Waals surface area (Å²) in [6.07, 6.45) is 12.9. The van der Waals surface area contributed by atoms with Crippen molar-refractivity contribution in [3.8, 4) is 0 Å². The molecule has 2 rings (SSSR count). The lowest BCUT2D eigenvalue weighted by Gasteiger charge is -2.50. The molecular formula is C20H34N2O2. The molecule has 1 aliphatic carbocycles. The van der Waals surface area contributed by atoms with Crippen molar-refractivity contribution < 1.29 is 9.53 Å². The predicted octanol–water partition coefficient (Wildman–Crippen LogP) is 3.64. The highest BCUT2D eigenvalue weighted by Crippen LogP contribution is 2.35. The first kappa shape index (κ1) is 19.2. The summed E-state index contributed by atoms with van der Waals surface area (Å²) in [5.74, 6) is 0.428. The molecule has 24 heavy (non-hydrogen) atoms. The molecule has 1 fully saturated rings. The molecule has 1 amide bonds. The second-order valence-corrected chi connectivity index (χ2v) is 7.10. The van der Waals surface area contributed by atoms with Crippen LogP contribution < -0.4 is 5.32 Å². The van der Waals surface area contributed by atoms with Crippen molar-refractivity contribution in [3.63, 3.8) is 0 Å². The van der Waals surface area contributed by atoms with Crippen molar-refractivity contribution in [2.24, 2.45) is 5.92 Å². The van der Waals surface area contributed by atoms with Crippen molar-refractivity contribution >= 4 is 5.91 Å². The van der Waals surface area contributed by atoms with Crippen molar-refractivity contribution in [2.45, 2.75) is 65.0 Å². The summed E-state index contributed by atoms with van der Waals surface area (Å²) in [5.41, 5.74) is 0.831. The van der Waals surface area contributed by atoms with Gasteiger partial charge in [0.2, 0.25) is 5.91 Å². The number of amides is 1. The molecular weight excluding hydrogens is 300 g/mol. The fourth-order valence-electron chi connectivity index (χ4n) is 3.90. The molecule has 0 radical (unpaired) electrons. The Morgan fingerprint density at radius 2 is 2.00 bits per heavy atom. The molecule has 0 spiro atoms. The van der Waals surface area contributed by atoms with Crippen molar-refractivity contribution in [2.75, 3.05) is 26.3 Å². The SMILES string of the molecule is CCCCCCCC(=O)NC1(N2CCOCC2)C(C)=CC=CC1C. The molecule has 136 valence electrons. The van der Waals surface area contributed by atoms with Crippen LogP contribution in [0.3, 0.4) is 0 Å². The van der Waals surface area contributed by atoms with E-state index in [0.29, 0.717) is 6.42 Å². The molecule has 0 aromatic rings. The summed E-state index contributed by atoms with van der Waals surface area (Å²) in [4.78, 5) is 15.1. The Hall–Kier alpha value is -1.13. The van der Waals surface area contributed by atoms with E-state index in [1.165, 1.54) is 24.8 Å². The second-order valence-electron chi connectivity index (χ2n) is 7.10. The highest BCUT2D eigenvalue weighted by atomic mass is 16.5. The van der Waals surface area contributed by atoms with Crippen LogP contribution in [0.1, 0.15) is 59.3 Å². The summed E-state index contributed by atoms with van der Waals surface area (Å²) < 4.78 is 5.52. The van der Waals surface area contributed by atoms with Gasteiger partial charge in [-0.05, 0) is 18.9 Å². The van der Waals surface area contributed by atoms with Gasteiger partial charge in [-0.1, -0.05) is 57.8 Å². The van der Waals surface area contributed by atoms with Crippen LogP contribution in [-0.4, -0.2) is 42.8 Å². The number of rotatable bonds is 8. The largest absolute Gasteiger partial charge is 0.379 e. The number of hydrogen-bond acceptors (Lipinski definition) is 3. The summed E-state index contributed by atoms with van der Waals surface area (Å²) in [6.45, 7) is 9.74. The third-order valence-electron chi connectivity index (χ3n) is 5.35. The zero-order chi connectivity index (χ0) is 17.4. The average molecular weight is 335 g/mol. The lowest BCUT2D eigenvalue weighted by Crippen LogP contribution is -2.67. The van der Waals surface area contributed by atoms with Gasteiger partial charge in [0, 0.05) is 25.4 Å². The lowest BCUT2D eigenvalue weighted by molar-refractivity contribution is -0.128. The molecule has 4 heteroatoms. The maximum absolute atomic E-state index is 12.7. The molecule has 2 unspecified atom stereocenters. The number of allylic oxidation sites excluding steroid dienone is 2. The van der Waals surface area contributed by atoms with E-state index < -0.39 is 0 Å². The highest BCUT2D eigenvalue weighted by Gasteiger charge is 2.44. The topological polar surface area (TPSA) is 41.6 Å². The third kappa shape index (κ3) is 4.48. The van der Waals surface area contributed by atoms with Gasteiger partial charge < -0.3 is 10.1 Å². The van der Waals surface area contributed by atoms with Crippen LogP contribution in [0.15, 0.2) is 23.8 Å². The Bertz CT molecular complexity index is 466. The molecule has 0 aromatic carbocycles. The average Bonchev–Trinajstić information content (AvgIpc) is 2.59. The molecule has 4 nitrogen and oxygen atoms in total. The van der Waals surface area contributed by atoms with E-state index in [4.69, 9.17) is 4.74 Å². The summed E-state index contributed by atoms with van der Waals surface area (Å²) in [5, 5.41) is 3.40. The van der Waals surface area contributed by atoms with Crippen molar-refractivity contribution in [1.82, 2.24) is 10.2 Å². The smallest absolute Gasteiger partial charge is 0.221 e. The number of ether oxygens (including phenoxy) is 1. The van der Waals surface area contributed by atoms with Crippen LogP contribution in [0.5, 0.6) is 0 Å². The van der Waals surface area contributed by atoms with E-state index in [0.717, 1.165) is 39.1 Å². The number of nitrogens with one attached hydrogen (secondary N) is 1. The Morgan fingerprint density at radius 3 is 2.67 bits per heavy atom. The fraction of sp³-hybridized carbons (Fsp3) is 0.750. The van der Waals surface area contributed by atoms with E-state index in [1.54, 1.807) is 0 Å². The van der Waals surface area contributed by atoms with Crippen LogP contribution in [0, 0.1) is 5.92 Å². The Kier molecular flexibility index (Phi) is 7.50. The number of morpholine rings is 1. The van der Waals surface area contributed by atoms with Crippen molar-refractivity contribution in [1.29, 1.82) is 0 Å². The standard InChI is InChI=1S/C20H34N2O2/c1-4-5-6-7-8-12-19(23)21-20(22-13-15-24-16-14-22)17(2)10-9-11-18(20)3/h9-11,17H,4-8,12-16H2,1-3H3,(H,21,23). The second kappa shape index (κ2) is 9.38. The van der Waals surface area contributed by atoms with Crippen LogP contribution in [0.2, 0.25) is 0 Å². The van der Waals surface area contributed by atoms with Gasteiger partial charge in [0.1, 0.15) is 5.66 Å². The zero-order valence-electron chi connectivity index (χ0n) is 15.6. The molecule has 0 aromatic heterocycles. The van der Waals surface area contributed by atoms with Gasteiger partial charge >= 0.3 is 0 Å². The van der Waals surface area contributed by atoms with Crippen LogP contribution >= 0.6 is 0 Å². The van der Waals surface area contributed by atoms with Gasteiger partial charge in [0.25, 0.3) is 0 Å². The maximum atomic E-state index is 12.7. The number of carbonyl (C=O) groups excluding carboxylic acids is 1. The number of nitrogens with zero attached hydrogens (tertiary/aromatic N) is 1. The quantitative estimate of drug-likeness (QED) is 0.689. The minimum Gasteiger partial charge on any atom is -0.379 e. The summed E-state index contributed by atoms with van der Waals surface area (Å²) in [7, 11) is 0. The normalized spacial score (nSPS) is 27.8. The molecule has 0 saturated carbocycles. The summed E-state index contributed by atoms with van der Waals surface area (Å²) in [6, 6.07) is 0. The zero-order valence-corrected chi connectivity index (χ0v) is 15.6. The molecule has 1 saturated heterocycles. The molecule has 1 aliphatic heterocycles. The molecule has 2 atom stereocenters. The first-order valence-electron chi connectivity index (χ1n) is 9.60. The van der Waals surface area contributed by atoms with Crippen molar-refractivity contribution in [3.05, 3.63) is 23.8 Å². The molecule has 1 N–H and O–H groups in total. The fourth-order valence-corrected chi connectivity index (χ4v) is 3.90. The Labute approximate surface area is 147 Å². The van der Waals surface area contributed by atoms with Gasteiger partial charge in [-0.2, -0.15) is 0 Å². The number of unbranched alkanes of at least 4 members (excludes halogenated alkanes) is 4. The minimum atomic E-state index is -0.390. The van der Waals surface area contributed by atoms with E-state index in [1.807, 2.05) is 0 Å². The first-order valence-corrected chi connectivity index (χ1v) is 9.60. The van der Waals surface area contributed by atoms with Crippen LogP contribution in [-0.2, 0) is 9.53 Å². The third-order valence-corrected chi connectivity index (χ3v) is 5.35. The van der Waals surface area contributed by atoms with E-state index >= 15 is 0 Å². The monoisotopic (exact) mass is 334 g/mol. The molecule has 2 aliphatic rings. The van der Waals surface area contributed by atoms with Gasteiger partial charge in [0.15, 0.2) is 0 Å². The number of hydrogen-bond donors (Lipinski definition) is 1.